The van der Waals surface area contributed by atoms with E-state index in [2.05, 4.69) is 21.1 Å². The summed E-state index contributed by atoms with van der Waals surface area (Å²) in [7, 11) is 1.76. The highest BCUT2D eigenvalue weighted by molar-refractivity contribution is 5.96. The number of nitrogens with zero attached hydrogens (tertiary/aromatic N) is 7. The molecule has 0 N–H and O–H groups in total. The first kappa shape index (κ1) is 19.1. The van der Waals surface area contributed by atoms with Gasteiger partial charge in [-0.2, -0.15) is 10.4 Å². The number of hydrogen-bond donors (Lipinski definition) is 0. The third kappa shape index (κ3) is 3.48. The maximum absolute atomic E-state index is 12.6. The van der Waals surface area contributed by atoms with Crippen LogP contribution in [0, 0.1) is 17.2 Å². The Labute approximate surface area is 169 Å². The van der Waals surface area contributed by atoms with Crippen LogP contribution in [0.15, 0.2) is 31.0 Å². The second-order valence-electron chi connectivity index (χ2n) is 7.63. The number of carbonyl (C=O) groups is 1. The minimum atomic E-state index is -0.127. The van der Waals surface area contributed by atoms with Crippen molar-refractivity contribution in [1.82, 2.24) is 29.2 Å². The van der Waals surface area contributed by atoms with Crippen LogP contribution in [0.25, 0.3) is 22.3 Å². The fourth-order valence-electron chi connectivity index (χ4n) is 4.21. The number of aromatic nitrogens is 5. The predicted octanol–water partition coefficient (Wildman–Crippen LogP) is 3.86. The van der Waals surface area contributed by atoms with Crippen LogP contribution in [0.1, 0.15) is 45.1 Å². The zero-order chi connectivity index (χ0) is 20.4. The molecule has 3 aromatic rings. The molecular weight excluding hydrogens is 366 g/mol. The molecule has 1 atom stereocenters. The lowest BCUT2D eigenvalue weighted by molar-refractivity contribution is 0.213. The summed E-state index contributed by atoms with van der Waals surface area (Å²) in [5, 5.41) is 14.7. The van der Waals surface area contributed by atoms with Gasteiger partial charge in [0.25, 0.3) is 0 Å². The molecule has 8 nitrogen and oxygen atoms in total. The Morgan fingerprint density at radius 3 is 2.90 bits per heavy atom. The van der Waals surface area contributed by atoms with Gasteiger partial charge in [0.05, 0.1) is 30.4 Å². The first-order valence-corrected chi connectivity index (χ1v) is 10.1. The standard InChI is InChI=1S/C21H25N7O/c1-3-26(2)21(29)27-11-9-17-19(23-14-24-20(17)27)16-12-25-28(13-16)18(8-10-22)15-6-4-5-7-15/h9,11-15,18H,3-8H2,1-2H3/t18-/m1/s1. The zero-order valence-corrected chi connectivity index (χ0v) is 16.8. The van der Waals surface area contributed by atoms with Gasteiger partial charge in [-0.05, 0) is 31.7 Å². The van der Waals surface area contributed by atoms with Crippen molar-refractivity contribution < 1.29 is 4.79 Å². The fourth-order valence-corrected chi connectivity index (χ4v) is 4.21. The molecular formula is C21H25N7O. The largest absolute Gasteiger partial charge is 0.329 e. The van der Waals surface area contributed by atoms with Gasteiger partial charge in [0.2, 0.25) is 0 Å². The van der Waals surface area contributed by atoms with Crippen molar-refractivity contribution in [2.45, 2.75) is 45.1 Å². The number of hydrogen-bond acceptors (Lipinski definition) is 5. The molecule has 0 spiro atoms. The van der Waals surface area contributed by atoms with Crippen molar-refractivity contribution in [2.75, 3.05) is 13.6 Å². The Morgan fingerprint density at radius 2 is 2.17 bits per heavy atom. The number of carbonyl (C=O) groups excluding carboxylic acids is 1. The summed E-state index contributed by atoms with van der Waals surface area (Å²) in [5.41, 5.74) is 2.19. The monoisotopic (exact) mass is 391 g/mol. The van der Waals surface area contributed by atoms with Crippen LogP contribution in [0.2, 0.25) is 0 Å². The maximum atomic E-state index is 12.6. The van der Waals surface area contributed by atoms with E-state index in [1.165, 1.54) is 19.2 Å². The van der Waals surface area contributed by atoms with E-state index < -0.39 is 0 Å². The van der Waals surface area contributed by atoms with Crippen LogP contribution in [-0.2, 0) is 0 Å². The van der Waals surface area contributed by atoms with Gasteiger partial charge in [-0.1, -0.05) is 12.8 Å². The summed E-state index contributed by atoms with van der Waals surface area (Å²) in [6.45, 7) is 2.55. The Bertz CT molecular complexity index is 1050. The maximum Gasteiger partial charge on any atom is 0.329 e. The highest BCUT2D eigenvalue weighted by Gasteiger charge is 2.27. The van der Waals surface area contributed by atoms with Crippen LogP contribution in [0.4, 0.5) is 4.79 Å². The minimum Gasteiger partial charge on any atom is -0.327 e. The molecule has 1 saturated carbocycles. The lowest BCUT2D eigenvalue weighted by Gasteiger charge is -2.21. The van der Waals surface area contributed by atoms with E-state index in [9.17, 15) is 10.1 Å². The Hall–Kier alpha value is -3.21. The fraction of sp³-hybridized carbons (Fsp3) is 0.476. The number of nitriles is 1. The van der Waals surface area contributed by atoms with Gasteiger partial charge in [0.1, 0.15) is 6.33 Å². The van der Waals surface area contributed by atoms with E-state index in [0.717, 1.165) is 29.5 Å². The highest BCUT2D eigenvalue weighted by Crippen LogP contribution is 2.36. The summed E-state index contributed by atoms with van der Waals surface area (Å²) in [6, 6.07) is 4.16. The number of amides is 1. The molecule has 29 heavy (non-hydrogen) atoms. The van der Waals surface area contributed by atoms with Gasteiger partial charge in [0, 0.05) is 36.9 Å². The van der Waals surface area contributed by atoms with Crippen LogP contribution in [-0.4, -0.2) is 48.8 Å². The number of rotatable bonds is 5. The lowest BCUT2D eigenvalue weighted by atomic mass is 9.96. The third-order valence-corrected chi connectivity index (χ3v) is 5.95. The molecule has 8 heteroatoms. The molecule has 1 fully saturated rings. The van der Waals surface area contributed by atoms with E-state index in [1.54, 1.807) is 28.9 Å². The van der Waals surface area contributed by atoms with Crippen molar-refractivity contribution in [1.29, 1.82) is 5.26 Å². The Balaban J connectivity index is 1.70. The van der Waals surface area contributed by atoms with Gasteiger partial charge in [-0.15, -0.1) is 0 Å². The number of fused-ring (bicyclic) bond motifs is 1. The van der Waals surface area contributed by atoms with Crippen LogP contribution in [0.3, 0.4) is 0 Å². The molecule has 1 amide bonds. The Morgan fingerprint density at radius 1 is 1.38 bits per heavy atom. The molecule has 0 aromatic carbocycles. The van der Waals surface area contributed by atoms with Crippen molar-refractivity contribution in [3.05, 3.63) is 31.0 Å². The summed E-state index contributed by atoms with van der Waals surface area (Å²) in [4.78, 5) is 23.0. The van der Waals surface area contributed by atoms with E-state index >= 15 is 0 Å². The Kier molecular flexibility index (Phi) is 5.30. The van der Waals surface area contributed by atoms with E-state index in [4.69, 9.17) is 0 Å². The van der Waals surface area contributed by atoms with Gasteiger partial charge in [0.15, 0.2) is 5.65 Å². The first-order valence-electron chi connectivity index (χ1n) is 10.1. The van der Waals surface area contributed by atoms with E-state index in [1.807, 2.05) is 23.9 Å². The van der Waals surface area contributed by atoms with Gasteiger partial charge >= 0.3 is 6.03 Å². The zero-order valence-electron chi connectivity index (χ0n) is 16.8. The molecule has 3 aromatic heterocycles. The molecule has 0 radical (unpaired) electrons. The summed E-state index contributed by atoms with van der Waals surface area (Å²) >= 11 is 0. The third-order valence-electron chi connectivity index (χ3n) is 5.95. The molecule has 0 aliphatic heterocycles. The molecule has 1 aliphatic carbocycles. The van der Waals surface area contributed by atoms with Gasteiger partial charge < -0.3 is 4.90 Å². The lowest BCUT2D eigenvalue weighted by Crippen LogP contribution is -2.30. The second-order valence-corrected chi connectivity index (χ2v) is 7.63. The van der Waals surface area contributed by atoms with Crippen molar-refractivity contribution in [3.8, 4) is 17.3 Å². The average Bonchev–Trinajstić information content (AvgIpc) is 3.51. The average molecular weight is 391 g/mol. The molecule has 3 heterocycles. The molecule has 150 valence electrons. The quantitative estimate of drug-likeness (QED) is 0.658. The predicted molar refractivity (Wildman–Crippen MR) is 109 cm³/mol. The van der Waals surface area contributed by atoms with Crippen molar-refractivity contribution in [2.24, 2.45) is 5.92 Å². The molecule has 0 bridgehead atoms. The van der Waals surface area contributed by atoms with E-state index in [0.29, 0.717) is 24.5 Å². The van der Waals surface area contributed by atoms with Crippen LogP contribution < -0.4 is 0 Å². The van der Waals surface area contributed by atoms with Crippen LogP contribution in [0.5, 0.6) is 0 Å². The molecule has 0 unspecified atom stereocenters. The smallest absolute Gasteiger partial charge is 0.327 e. The minimum absolute atomic E-state index is 0.0953. The second kappa shape index (κ2) is 8.03. The van der Waals surface area contributed by atoms with Gasteiger partial charge in [-0.3, -0.25) is 9.25 Å². The van der Waals surface area contributed by atoms with E-state index in [-0.39, 0.29) is 12.1 Å². The van der Waals surface area contributed by atoms with Crippen molar-refractivity contribution >= 4 is 17.1 Å². The van der Waals surface area contributed by atoms with Gasteiger partial charge in [-0.25, -0.2) is 14.8 Å². The molecule has 4 rings (SSSR count). The van der Waals surface area contributed by atoms with Crippen LogP contribution >= 0.6 is 0 Å². The first-order chi connectivity index (χ1) is 14.1. The normalized spacial score (nSPS) is 15.5. The summed E-state index contributed by atoms with van der Waals surface area (Å²) < 4.78 is 3.47. The summed E-state index contributed by atoms with van der Waals surface area (Å²) in [5.74, 6) is 0.496. The summed E-state index contributed by atoms with van der Waals surface area (Å²) in [6.07, 6.45) is 12.2. The molecule has 1 aliphatic rings. The SMILES string of the molecule is CCN(C)C(=O)n1ccc2c(-c3cnn([C@H](CC#N)C4CCCC4)c3)ncnc21. The highest BCUT2D eigenvalue weighted by atomic mass is 16.2. The van der Waals surface area contributed by atoms with Crippen molar-refractivity contribution in [3.63, 3.8) is 0 Å². The topological polar surface area (TPSA) is 92.6 Å². The molecule has 0 saturated heterocycles.